The number of amides is 1. The molecule has 2 aliphatic rings. The summed E-state index contributed by atoms with van der Waals surface area (Å²) in [6.45, 7) is 2.34. The molecule has 5 nitrogen and oxygen atoms in total. The predicted octanol–water partition coefficient (Wildman–Crippen LogP) is 4.04. The Kier molecular flexibility index (Phi) is 4.58. The van der Waals surface area contributed by atoms with Gasteiger partial charge in [-0.2, -0.15) is 0 Å². The maximum atomic E-state index is 12.8. The highest BCUT2D eigenvalue weighted by atomic mass is 32.1. The van der Waals surface area contributed by atoms with E-state index in [0.717, 1.165) is 11.6 Å². The van der Waals surface area contributed by atoms with Crippen LogP contribution in [0.3, 0.4) is 0 Å². The molecular formula is C22H21N3O2S. The first-order valence-corrected chi connectivity index (χ1v) is 10.4. The maximum Gasteiger partial charge on any atom is 0.409 e. The van der Waals surface area contributed by atoms with Crippen LogP contribution in [-0.4, -0.2) is 42.2 Å². The van der Waals surface area contributed by atoms with Gasteiger partial charge >= 0.3 is 6.09 Å². The molecular weight excluding hydrogens is 370 g/mol. The van der Waals surface area contributed by atoms with Crippen molar-refractivity contribution in [1.29, 1.82) is 0 Å². The van der Waals surface area contributed by atoms with Gasteiger partial charge in [-0.05, 0) is 22.3 Å². The molecule has 2 aromatic carbocycles. The van der Waals surface area contributed by atoms with Gasteiger partial charge in [-0.1, -0.05) is 48.5 Å². The van der Waals surface area contributed by atoms with Crippen molar-refractivity contribution in [3.8, 4) is 11.1 Å². The molecule has 1 aromatic heterocycles. The van der Waals surface area contributed by atoms with E-state index in [1.165, 1.54) is 22.3 Å². The van der Waals surface area contributed by atoms with Crippen LogP contribution in [0.1, 0.15) is 28.1 Å². The molecule has 1 atom stereocenters. The van der Waals surface area contributed by atoms with Crippen LogP contribution in [0.2, 0.25) is 0 Å². The second kappa shape index (κ2) is 7.37. The largest absolute Gasteiger partial charge is 0.448 e. The van der Waals surface area contributed by atoms with Crippen molar-refractivity contribution in [2.75, 3.05) is 26.2 Å². The Morgan fingerprint density at radius 1 is 1.14 bits per heavy atom. The van der Waals surface area contributed by atoms with Gasteiger partial charge in [0.2, 0.25) is 0 Å². The van der Waals surface area contributed by atoms with E-state index in [0.29, 0.717) is 19.7 Å². The summed E-state index contributed by atoms with van der Waals surface area (Å²) in [6.07, 6.45) is 1.55. The van der Waals surface area contributed by atoms with Crippen LogP contribution in [0.15, 0.2) is 60.1 Å². The Hall–Kier alpha value is -2.70. The van der Waals surface area contributed by atoms with Crippen molar-refractivity contribution in [1.82, 2.24) is 15.2 Å². The summed E-state index contributed by atoms with van der Waals surface area (Å²) in [6, 6.07) is 16.9. The number of piperazine rings is 1. The minimum Gasteiger partial charge on any atom is -0.448 e. The van der Waals surface area contributed by atoms with Crippen molar-refractivity contribution >= 4 is 17.4 Å². The SMILES string of the molecule is O=C(OCC1c2ccccc2-c2ccccc21)N1CCNC(c2nccs2)C1. The smallest absolute Gasteiger partial charge is 0.409 e. The average Bonchev–Trinajstić information content (AvgIpc) is 3.39. The van der Waals surface area contributed by atoms with Gasteiger partial charge in [0.05, 0.1) is 6.04 Å². The minimum atomic E-state index is -0.245. The minimum absolute atomic E-state index is 0.0780. The van der Waals surface area contributed by atoms with E-state index in [1.54, 1.807) is 22.4 Å². The molecule has 0 saturated carbocycles. The average molecular weight is 391 g/mol. The molecule has 1 aliphatic heterocycles. The molecule has 1 fully saturated rings. The molecule has 0 spiro atoms. The summed E-state index contributed by atoms with van der Waals surface area (Å²) in [5.41, 5.74) is 4.95. The normalized spacial score (nSPS) is 18.6. The van der Waals surface area contributed by atoms with Crippen molar-refractivity contribution < 1.29 is 9.53 Å². The number of carbonyl (C=O) groups is 1. The first-order valence-electron chi connectivity index (χ1n) is 9.54. The quantitative estimate of drug-likeness (QED) is 0.732. The number of ether oxygens (including phenoxy) is 1. The summed E-state index contributed by atoms with van der Waals surface area (Å²) < 4.78 is 5.79. The Morgan fingerprint density at radius 3 is 2.54 bits per heavy atom. The fourth-order valence-corrected chi connectivity index (χ4v) is 4.88. The van der Waals surface area contributed by atoms with E-state index < -0.39 is 0 Å². The zero-order chi connectivity index (χ0) is 18.9. The van der Waals surface area contributed by atoms with Crippen LogP contribution in [0.5, 0.6) is 0 Å². The zero-order valence-electron chi connectivity index (χ0n) is 15.4. The molecule has 3 aromatic rings. The number of hydrogen-bond donors (Lipinski definition) is 1. The highest BCUT2D eigenvalue weighted by Crippen LogP contribution is 2.44. The van der Waals surface area contributed by atoms with Crippen LogP contribution in [0.25, 0.3) is 11.1 Å². The van der Waals surface area contributed by atoms with Gasteiger partial charge in [-0.3, -0.25) is 0 Å². The molecule has 0 radical (unpaired) electrons. The number of nitrogens with zero attached hydrogens (tertiary/aromatic N) is 2. The van der Waals surface area contributed by atoms with Crippen molar-refractivity contribution in [2.24, 2.45) is 0 Å². The third-order valence-electron chi connectivity index (χ3n) is 5.52. The Bertz CT molecular complexity index is 943. The number of fused-ring (bicyclic) bond motifs is 3. The first-order chi connectivity index (χ1) is 13.8. The van der Waals surface area contributed by atoms with E-state index >= 15 is 0 Å². The maximum absolute atomic E-state index is 12.8. The monoisotopic (exact) mass is 391 g/mol. The van der Waals surface area contributed by atoms with Gasteiger partial charge in [0, 0.05) is 37.1 Å². The van der Waals surface area contributed by atoms with Gasteiger partial charge in [-0.15, -0.1) is 11.3 Å². The number of carbonyl (C=O) groups excluding carboxylic acids is 1. The lowest BCUT2D eigenvalue weighted by atomic mass is 9.98. The molecule has 2 heterocycles. The van der Waals surface area contributed by atoms with Crippen LogP contribution >= 0.6 is 11.3 Å². The number of thiazole rings is 1. The molecule has 1 N–H and O–H groups in total. The van der Waals surface area contributed by atoms with E-state index in [-0.39, 0.29) is 18.1 Å². The summed E-state index contributed by atoms with van der Waals surface area (Å²) in [4.78, 5) is 18.9. The molecule has 1 amide bonds. The van der Waals surface area contributed by atoms with Gasteiger partial charge in [-0.25, -0.2) is 9.78 Å². The number of benzene rings is 2. The van der Waals surface area contributed by atoms with Crippen molar-refractivity contribution in [3.05, 3.63) is 76.2 Å². The molecule has 0 bridgehead atoms. The third-order valence-corrected chi connectivity index (χ3v) is 6.41. The zero-order valence-corrected chi connectivity index (χ0v) is 16.2. The van der Waals surface area contributed by atoms with E-state index in [4.69, 9.17) is 4.74 Å². The fraction of sp³-hybridized carbons (Fsp3) is 0.273. The lowest BCUT2D eigenvalue weighted by Gasteiger charge is -2.32. The first kappa shape index (κ1) is 17.4. The molecule has 5 rings (SSSR count). The lowest BCUT2D eigenvalue weighted by Crippen LogP contribution is -2.48. The number of rotatable bonds is 3. The second-order valence-electron chi connectivity index (χ2n) is 7.13. The molecule has 1 saturated heterocycles. The number of hydrogen-bond acceptors (Lipinski definition) is 5. The van der Waals surface area contributed by atoms with Crippen LogP contribution in [0, 0.1) is 0 Å². The standard InChI is InChI=1S/C22H21N3O2S/c26-22(25-11-9-23-20(13-25)21-24-10-12-28-21)27-14-19-17-7-3-1-5-15(17)16-6-2-4-8-18(16)19/h1-8,10,12,19-20,23H,9,11,13-14H2. The fourth-order valence-electron chi connectivity index (χ4n) is 4.17. The van der Waals surface area contributed by atoms with E-state index in [2.05, 4.69) is 58.8 Å². The highest BCUT2D eigenvalue weighted by molar-refractivity contribution is 7.09. The summed E-state index contributed by atoms with van der Waals surface area (Å²) >= 11 is 1.61. The highest BCUT2D eigenvalue weighted by Gasteiger charge is 2.31. The van der Waals surface area contributed by atoms with Gasteiger partial charge in [0.25, 0.3) is 0 Å². The van der Waals surface area contributed by atoms with Gasteiger partial charge in [0.1, 0.15) is 11.6 Å². The number of aromatic nitrogens is 1. The molecule has 28 heavy (non-hydrogen) atoms. The molecule has 6 heteroatoms. The van der Waals surface area contributed by atoms with Crippen molar-refractivity contribution in [2.45, 2.75) is 12.0 Å². The Morgan fingerprint density at radius 2 is 1.86 bits per heavy atom. The molecule has 1 aliphatic carbocycles. The third kappa shape index (κ3) is 3.08. The molecule has 1 unspecified atom stereocenters. The molecule has 142 valence electrons. The predicted molar refractivity (Wildman–Crippen MR) is 109 cm³/mol. The summed E-state index contributed by atoms with van der Waals surface area (Å²) in [7, 11) is 0. The second-order valence-corrected chi connectivity index (χ2v) is 8.05. The van der Waals surface area contributed by atoms with Crippen LogP contribution in [0.4, 0.5) is 4.79 Å². The van der Waals surface area contributed by atoms with Gasteiger partial charge in [0.15, 0.2) is 0 Å². The van der Waals surface area contributed by atoms with Crippen LogP contribution < -0.4 is 5.32 Å². The summed E-state index contributed by atoms with van der Waals surface area (Å²) in [5.74, 6) is 0.0917. The topological polar surface area (TPSA) is 54.5 Å². The van der Waals surface area contributed by atoms with E-state index in [1.807, 2.05) is 5.38 Å². The van der Waals surface area contributed by atoms with Gasteiger partial charge < -0.3 is 15.0 Å². The Labute approximate surface area is 168 Å². The van der Waals surface area contributed by atoms with Crippen molar-refractivity contribution in [3.63, 3.8) is 0 Å². The number of nitrogens with one attached hydrogen (secondary N) is 1. The van der Waals surface area contributed by atoms with E-state index in [9.17, 15) is 4.79 Å². The van der Waals surface area contributed by atoms with Crippen LogP contribution in [-0.2, 0) is 4.74 Å². The Balaban J connectivity index is 1.29. The lowest BCUT2D eigenvalue weighted by molar-refractivity contribution is 0.0883. The summed E-state index contributed by atoms with van der Waals surface area (Å²) in [5, 5.41) is 6.40.